The highest BCUT2D eigenvalue weighted by Crippen LogP contribution is 2.11. The van der Waals surface area contributed by atoms with Crippen molar-refractivity contribution < 1.29 is 9.53 Å². The van der Waals surface area contributed by atoms with E-state index in [1.54, 1.807) is 4.90 Å². The molecule has 4 rings (SSSR count). The highest BCUT2D eigenvalue weighted by molar-refractivity contribution is 5.92. The topological polar surface area (TPSA) is 64.4 Å². The van der Waals surface area contributed by atoms with Crippen molar-refractivity contribution in [1.82, 2.24) is 14.7 Å². The summed E-state index contributed by atoms with van der Waals surface area (Å²) >= 11 is 0. The number of hydrogen-bond donors (Lipinski definition) is 0. The van der Waals surface area contributed by atoms with E-state index >= 15 is 0 Å². The third-order valence-corrected chi connectivity index (χ3v) is 5.42. The van der Waals surface area contributed by atoms with Gasteiger partial charge in [-0.05, 0) is 35.7 Å². The van der Waals surface area contributed by atoms with Crippen LogP contribution in [0.4, 0.5) is 0 Å². The summed E-state index contributed by atoms with van der Waals surface area (Å²) in [5, 5.41) is 4.35. The van der Waals surface area contributed by atoms with Crippen molar-refractivity contribution >= 4 is 5.91 Å². The molecule has 1 aromatic heterocycles. The molecule has 0 aliphatic carbocycles. The molecule has 0 radical (unpaired) electrons. The molecule has 0 unspecified atom stereocenters. The van der Waals surface area contributed by atoms with E-state index in [1.165, 1.54) is 16.8 Å². The molecule has 0 saturated carbocycles. The number of carbonyl (C=O) groups excluding carboxylic acids is 1. The Morgan fingerprint density at radius 2 is 1.41 bits per heavy atom. The molecule has 1 heterocycles. The fourth-order valence-corrected chi connectivity index (χ4v) is 3.62. The van der Waals surface area contributed by atoms with E-state index in [2.05, 4.69) is 17.2 Å². The predicted molar refractivity (Wildman–Crippen MR) is 132 cm³/mol. The van der Waals surface area contributed by atoms with Gasteiger partial charge in [0.1, 0.15) is 18.1 Å². The van der Waals surface area contributed by atoms with E-state index in [0.29, 0.717) is 13.1 Å². The second-order valence-electron chi connectivity index (χ2n) is 7.89. The van der Waals surface area contributed by atoms with Gasteiger partial charge >= 0.3 is 0 Å². The summed E-state index contributed by atoms with van der Waals surface area (Å²) < 4.78 is 6.97. The van der Waals surface area contributed by atoms with Crippen LogP contribution in [0.25, 0.3) is 0 Å². The lowest BCUT2D eigenvalue weighted by Gasteiger charge is -2.23. The largest absolute Gasteiger partial charge is 0.492 e. The van der Waals surface area contributed by atoms with Gasteiger partial charge in [0, 0.05) is 19.2 Å². The van der Waals surface area contributed by atoms with Crippen LogP contribution in [-0.2, 0) is 19.5 Å². The van der Waals surface area contributed by atoms with Crippen LogP contribution in [0.1, 0.15) is 21.6 Å². The maximum absolute atomic E-state index is 13.4. The predicted octanol–water partition coefficient (Wildman–Crippen LogP) is 4.21. The Labute approximate surface area is 199 Å². The summed E-state index contributed by atoms with van der Waals surface area (Å²) in [6.07, 6.45) is 0.726. The molecular weight excluding hydrogens is 426 g/mol. The van der Waals surface area contributed by atoms with Gasteiger partial charge in [0.25, 0.3) is 11.5 Å². The van der Waals surface area contributed by atoms with E-state index < -0.39 is 0 Å². The van der Waals surface area contributed by atoms with Crippen molar-refractivity contribution in [3.63, 3.8) is 0 Å². The van der Waals surface area contributed by atoms with E-state index in [-0.39, 0.29) is 30.3 Å². The van der Waals surface area contributed by atoms with E-state index in [9.17, 15) is 9.59 Å². The lowest BCUT2D eigenvalue weighted by molar-refractivity contribution is 0.0735. The Kier molecular flexibility index (Phi) is 7.85. The zero-order valence-electron chi connectivity index (χ0n) is 18.9. The fourth-order valence-electron chi connectivity index (χ4n) is 3.62. The molecule has 0 aliphatic heterocycles. The van der Waals surface area contributed by atoms with Crippen molar-refractivity contribution in [3.8, 4) is 5.75 Å². The van der Waals surface area contributed by atoms with Gasteiger partial charge in [-0.15, -0.1) is 0 Å². The second-order valence-corrected chi connectivity index (χ2v) is 7.89. The minimum atomic E-state index is -0.271. The SMILES string of the molecule is O=C(c1ccc(=O)n(CCOc2ccccc2)n1)N(CCc1ccccc1)Cc1ccccc1. The molecule has 4 aromatic rings. The van der Waals surface area contributed by atoms with E-state index in [0.717, 1.165) is 23.3 Å². The minimum Gasteiger partial charge on any atom is -0.492 e. The fraction of sp³-hybridized carbons (Fsp3) is 0.179. The first kappa shape index (κ1) is 23.0. The van der Waals surface area contributed by atoms with Crippen LogP contribution in [0.3, 0.4) is 0 Å². The number of nitrogens with zero attached hydrogens (tertiary/aromatic N) is 3. The Morgan fingerprint density at radius 3 is 2.09 bits per heavy atom. The summed E-state index contributed by atoms with van der Waals surface area (Å²) in [7, 11) is 0. The van der Waals surface area contributed by atoms with Crippen LogP contribution in [-0.4, -0.2) is 33.7 Å². The molecular formula is C28H27N3O3. The number of benzene rings is 3. The first-order valence-electron chi connectivity index (χ1n) is 11.3. The van der Waals surface area contributed by atoms with Crippen LogP contribution < -0.4 is 10.3 Å². The van der Waals surface area contributed by atoms with Crippen LogP contribution in [0.15, 0.2) is 108 Å². The van der Waals surface area contributed by atoms with Crippen molar-refractivity contribution in [2.24, 2.45) is 0 Å². The lowest BCUT2D eigenvalue weighted by atomic mass is 10.1. The van der Waals surface area contributed by atoms with Crippen LogP contribution in [0.5, 0.6) is 5.75 Å². The maximum atomic E-state index is 13.4. The third-order valence-electron chi connectivity index (χ3n) is 5.42. The third kappa shape index (κ3) is 6.42. The average Bonchev–Trinajstić information content (AvgIpc) is 2.89. The van der Waals surface area contributed by atoms with Crippen molar-refractivity contribution in [2.75, 3.05) is 13.2 Å². The molecule has 0 spiro atoms. The van der Waals surface area contributed by atoms with E-state index in [4.69, 9.17) is 4.74 Å². The smallest absolute Gasteiger partial charge is 0.274 e. The van der Waals surface area contributed by atoms with Gasteiger partial charge < -0.3 is 9.64 Å². The summed E-state index contributed by atoms with van der Waals surface area (Å²) in [5.41, 5.74) is 2.16. The summed E-state index contributed by atoms with van der Waals surface area (Å²) in [6, 6.07) is 32.2. The van der Waals surface area contributed by atoms with Crippen LogP contribution in [0.2, 0.25) is 0 Å². The van der Waals surface area contributed by atoms with Gasteiger partial charge in [-0.25, -0.2) is 4.68 Å². The zero-order chi connectivity index (χ0) is 23.6. The van der Waals surface area contributed by atoms with Gasteiger partial charge in [0.2, 0.25) is 0 Å². The average molecular weight is 454 g/mol. The normalized spacial score (nSPS) is 10.6. The van der Waals surface area contributed by atoms with Gasteiger partial charge in [-0.2, -0.15) is 5.10 Å². The molecule has 0 saturated heterocycles. The van der Waals surface area contributed by atoms with Gasteiger partial charge in [-0.3, -0.25) is 9.59 Å². The first-order chi connectivity index (χ1) is 16.7. The minimum absolute atomic E-state index is 0.211. The molecule has 0 atom stereocenters. The van der Waals surface area contributed by atoms with E-state index in [1.807, 2.05) is 78.9 Å². The Morgan fingerprint density at radius 1 is 0.794 bits per heavy atom. The summed E-state index contributed by atoms with van der Waals surface area (Å²) in [5.74, 6) is 0.509. The van der Waals surface area contributed by atoms with Gasteiger partial charge in [0.15, 0.2) is 0 Å². The molecule has 34 heavy (non-hydrogen) atoms. The summed E-state index contributed by atoms with van der Waals surface area (Å²) in [6.45, 7) is 1.52. The molecule has 0 fully saturated rings. The Bertz CT molecular complexity index is 1240. The highest BCUT2D eigenvalue weighted by Gasteiger charge is 2.19. The first-order valence-corrected chi connectivity index (χ1v) is 11.3. The van der Waals surface area contributed by atoms with Crippen molar-refractivity contribution in [2.45, 2.75) is 19.5 Å². The number of amides is 1. The Balaban J connectivity index is 1.48. The molecule has 0 N–H and O–H groups in total. The second kappa shape index (κ2) is 11.6. The number of aromatic nitrogens is 2. The molecule has 0 aliphatic rings. The lowest BCUT2D eigenvalue weighted by Crippen LogP contribution is -2.35. The molecule has 172 valence electrons. The monoisotopic (exact) mass is 453 g/mol. The standard InChI is InChI=1S/C28H27N3O3/c32-27-17-16-26(29-31(27)20-21-34-25-14-8-3-9-15-25)28(33)30(22-24-12-6-2-7-13-24)19-18-23-10-4-1-5-11-23/h1-17H,18-22H2. The zero-order valence-corrected chi connectivity index (χ0v) is 18.9. The molecule has 1 amide bonds. The quantitative estimate of drug-likeness (QED) is 0.361. The molecule has 6 heteroatoms. The summed E-state index contributed by atoms with van der Waals surface area (Å²) in [4.78, 5) is 27.6. The number of para-hydroxylation sites is 1. The van der Waals surface area contributed by atoms with Crippen LogP contribution in [0, 0.1) is 0 Å². The number of hydrogen-bond acceptors (Lipinski definition) is 4. The molecule has 0 bridgehead atoms. The molecule has 3 aromatic carbocycles. The van der Waals surface area contributed by atoms with Crippen LogP contribution >= 0.6 is 0 Å². The van der Waals surface area contributed by atoms with Gasteiger partial charge in [-0.1, -0.05) is 78.9 Å². The highest BCUT2D eigenvalue weighted by atomic mass is 16.5. The van der Waals surface area contributed by atoms with Crippen molar-refractivity contribution in [1.29, 1.82) is 0 Å². The number of ether oxygens (including phenoxy) is 1. The van der Waals surface area contributed by atoms with Gasteiger partial charge in [0.05, 0.1) is 6.54 Å². The maximum Gasteiger partial charge on any atom is 0.274 e. The number of carbonyl (C=O) groups is 1. The molecule has 6 nitrogen and oxygen atoms in total. The Hall–Kier alpha value is -4.19. The van der Waals surface area contributed by atoms with Crippen molar-refractivity contribution in [3.05, 3.63) is 130 Å². The number of rotatable bonds is 10.